The van der Waals surface area contributed by atoms with Crippen molar-refractivity contribution in [3.8, 4) is 16.9 Å². The summed E-state index contributed by atoms with van der Waals surface area (Å²) in [6.07, 6.45) is 1.94. The van der Waals surface area contributed by atoms with E-state index in [2.05, 4.69) is 131 Å². The molecule has 0 radical (unpaired) electrons. The minimum absolute atomic E-state index is 0.159. The third-order valence-electron chi connectivity index (χ3n) is 8.79. The Hall–Kier alpha value is -4.11. The molecule has 1 aliphatic heterocycles. The summed E-state index contributed by atoms with van der Waals surface area (Å²) in [5.41, 5.74) is 15.7. The van der Waals surface area contributed by atoms with Crippen LogP contribution in [0.1, 0.15) is 61.8 Å². The summed E-state index contributed by atoms with van der Waals surface area (Å²) in [6, 6.07) is 32.0. The van der Waals surface area contributed by atoms with Crippen molar-refractivity contribution in [1.82, 2.24) is 9.55 Å². The van der Waals surface area contributed by atoms with Crippen LogP contribution in [0, 0.1) is 13.8 Å². The molecule has 0 bridgehead atoms. The number of hydrogen-bond donors (Lipinski definition) is 0. The van der Waals surface area contributed by atoms with Gasteiger partial charge in [0.2, 0.25) is 6.71 Å². The maximum Gasteiger partial charge on any atom is 0.245 e. The molecule has 6 aromatic rings. The number of nitrogens with zero attached hydrogens (tertiary/aromatic N) is 2. The number of benzene rings is 4. The third kappa shape index (κ3) is 3.68. The summed E-state index contributed by atoms with van der Waals surface area (Å²) < 4.78 is 2.45. The van der Waals surface area contributed by atoms with E-state index < -0.39 is 0 Å². The van der Waals surface area contributed by atoms with Gasteiger partial charge in [0, 0.05) is 22.7 Å². The van der Waals surface area contributed by atoms with Gasteiger partial charge in [-0.25, -0.2) is 0 Å². The van der Waals surface area contributed by atoms with Gasteiger partial charge in [-0.2, -0.15) is 0 Å². The zero-order valence-electron chi connectivity index (χ0n) is 24.3. The van der Waals surface area contributed by atoms with Crippen LogP contribution in [0.5, 0.6) is 0 Å². The predicted molar refractivity (Wildman–Crippen MR) is 173 cm³/mol. The highest BCUT2D eigenvalue weighted by atomic mass is 15.0. The molecule has 2 aromatic heterocycles. The lowest BCUT2D eigenvalue weighted by Crippen LogP contribution is -2.52. The van der Waals surface area contributed by atoms with E-state index in [-0.39, 0.29) is 6.71 Å². The summed E-state index contributed by atoms with van der Waals surface area (Å²) in [4.78, 5) is 4.93. The second-order valence-corrected chi connectivity index (χ2v) is 12.2. The molecule has 1 aliphatic rings. The van der Waals surface area contributed by atoms with Crippen molar-refractivity contribution < 1.29 is 0 Å². The van der Waals surface area contributed by atoms with Gasteiger partial charge < -0.3 is 4.57 Å². The average Bonchev–Trinajstić information content (AvgIpc) is 3.44. The molecule has 3 heteroatoms. The predicted octanol–water partition coefficient (Wildman–Crippen LogP) is 7.54. The Labute approximate surface area is 237 Å². The first-order chi connectivity index (χ1) is 19.3. The lowest BCUT2D eigenvalue weighted by Gasteiger charge is -2.24. The molecule has 0 aliphatic carbocycles. The van der Waals surface area contributed by atoms with Crippen LogP contribution in [0.4, 0.5) is 0 Å². The molecular weight excluding hydrogens is 483 g/mol. The van der Waals surface area contributed by atoms with Crippen LogP contribution in [-0.2, 0) is 0 Å². The van der Waals surface area contributed by atoms with E-state index in [0.29, 0.717) is 11.8 Å². The van der Waals surface area contributed by atoms with Gasteiger partial charge in [-0.15, -0.1) is 0 Å². The lowest BCUT2D eigenvalue weighted by atomic mass is 9.37. The van der Waals surface area contributed by atoms with Gasteiger partial charge in [0.1, 0.15) is 0 Å². The van der Waals surface area contributed by atoms with Gasteiger partial charge in [-0.3, -0.25) is 4.98 Å². The molecule has 0 spiro atoms. The zero-order valence-corrected chi connectivity index (χ0v) is 24.3. The van der Waals surface area contributed by atoms with Crippen molar-refractivity contribution in [1.29, 1.82) is 0 Å². The molecular formula is C37H35BN2. The monoisotopic (exact) mass is 518 g/mol. The molecule has 196 valence electrons. The molecule has 0 unspecified atom stereocenters. The van der Waals surface area contributed by atoms with E-state index >= 15 is 0 Å². The quantitative estimate of drug-likeness (QED) is 0.220. The summed E-state index contributed by atoms with van der Waals surface area (Å²) in [5.74, 6) is 0.870. The average molecular weight is 519 g/mol. The Bertz CT molecular complexity index is 1860. The molecule has 0 fully saturated rings. The van der Waals surface area contributed by atoms with Gasteiger partial charge in [-0.05, 0) is 90.3 Å². The van der Waals surface area contributed by atoms with Gasteiger partial charge in [0.15, 0.2) is 0 Å². The summed E-state index contributed by atoms with van der Waals surface area (Å²) in [5, 5.41) is 2.63. The molecule has 0 N–H and O–H groups in total. The van der Waals surface area contributed by atoms with E-state index in [1.807, 2.05) is 6.20 Å². The fraction of sp³-hybridized carbons (Fsp3) is 0.216. The van der Waals surface area contributed by atoms with Crippen molar-refractivity contribution in [2.75, 3.05) is 0 Å². The van der Waals surface area contributed by atoms with E-state index in [0.717, 1.165) is 5.69 Å². The molecule has 0 saturated heterocycles. The first kappa shape index (κ1) is 24.9. The van der Waals surface area contributed by atoms with E-state index in [1.54, 1.807) is 0 Å². The maximum atomic E-state index is 4.93. The fourth-order valence-electron chi connectivity index (χ4n) is 6.97. The van der Waals surface area contributed by atoms with E-state index in [4.69, 9.17) is 4.98 Å². The van der Waals surface area contributed by atoms with E-state index in [1.165, 1.54) is 71.7 Å². The second-order valence-electron chi connectivity index (χ2n) is 12.2. The Morgan fingerprint density at radius 1 is 0.650 bits per heavy atom. The molecule has 4 aromatic carbocycles. The number of hydrogen-bond acceptors (Lipinski definition) is 1. The minimum atomic E-state index is 0.159. The van der Waals surface area contributed by atoms with Crippen LogP contribution < -0.4 is 16.4 Å². The Kier molecular flexibility index (Phi) is 5.75. The maximum absolute atomic E-state index is 4.93. The highest BCUT2D eigenvalue weighted by Gasteiger charge is 2.38. The van der Waals surface area contributed by atoms with Crippen LogP contribution >= 0.6 is 0 Å². The molecule has 3 heterocycles. The van der Waals surface area contributed by atoms with Gasteiger partial charge in [0.05, 0.1) is 16.7 Å². The summed E-state index contributed by atoms with van der Waals surface area (Å²) >= 11 is 0. The standard InChI is InChI=1S/C37H35BN2/c1-22(2)27-9-7-10-28(23(3)4)36(27)38-32-11-8-18-39-37(32)29-15-14-26(21-33(29)38)40-34-16-12-24(5)19-30(34)31-20-25(6)13-17-35(31)40/h7-23H,1-6H3. The highest BCUT2D eigenvalue weighted by Crippen LogP contribution is 2.34. The smallest absolute Gasteiger partial charge is 0.245 e. The number of aryl methyl sites for hydroxylation is 2. The van der Waals surface area contributed by atoms with Crippen molar-refractivity contribution in [3.63, 3.8) is 0 Å². The molecule has 0 atom stereocenters. The van der Waals surface area contributed by atoms with Crippen LogP contribution in [0.15, 0.2) is 91.1 Å². The molecule has 40 heavy (non-hydrogen) atoms. The van der Waals surface area contributed by atoms with Crippen molar-refractivity contribution in [2.24, 2.45) is 0 Å². The van der Waals surface area contributed by atoms with Gasteiger partial charge >= 0.3 is 0 Å². The van der Waals surface area contributed by atoms with E-state index in [9.17, 15) is 0 Å². The number of pyridine rings is 1. The second kappa shape index (κ2) is 9.23. The first-order valence-electron chi connectivity index (χ1n) is 14.6. The van der Waals surface area contributed by atoms with Crippen molar-refractivity contribution in [3.05, 3.63) is 113 Å². The lowest BCUT2D eigenvalue weighted by molar-refractivity contribution is 0.845. The van der Waals surface area contributed by atoms with Crippen molar-refractivity contribution in [2.45, 2.75) is 53.4 Å². The van der Waals surface area contributed by atoms with Crippen molar-refractivity contribution >= 4 is 44.9 Å². The fourth-order valence-corrected chi connectivity index (χ4v) is 6.97. The normalized spacial score (nSPS) is 12.7. The molecule has 0 amide bonds. The minimum Gasteiger partial charge on any atom is -0.309 e. The van der Waals surface area contributed by atoms with Gasteiger partial charge in [-0.1, -0.05) is 92.2 Å². The largest absolute Gasteiger partial charge is 0.309 e. The van der Waals surface area contributed by atoms with Crippen LogP contribution in [0.2, 0.25) is 0 Å². The zero-order chi connectivity index (χ0) is 27.7. The van der Waals surface area contributed by atoms with Crippen LogP contribution in [0.25, 0.3) is 38.8 Å². The van der Waals surface area contributed by atoms with Crippen LogP contribution in [0.3, 0.4) is 0 Å². The van der Waals surface area contributed by atoms with Crippen LogP contribution in [-0.4, -0.2) is 16.3 Å². The molecule has 0 saturated carbocycles. The number of rotatable bonds is 4. The molecule has 7 rings (SSSR count). The Morgan fingerprint density at radius 2 is 1.27 bits per heavy atom. The number of fused-ring (bicyclic) bond motifs is 6. The first-order valence-corrected chi connectivity index (χ1v) is 14.6. The summed E-state index contributed by atoms with van der Waals surface area (Å²) in [6.45, 7) is 13.8. The summed E-state index contributed by atoms with van der Waals surface area (Å²) in [7, 11) is 0. The van der Waals surface area contributed by atoms with Gasteiger partial charge in [0.25, 0.3) is 0 Å². The molecule has 2 nitrogen and oxygen atoms in total. The topological polar surface area (TPSA) is 17.8 Å². The third-order valence-corrected chi connectivity index (χ3v) is 8.79. The Morgan fingerprint density at radius 3 is 1.88 bits per heavy atom. The highest BCUT2D eigenvalue weighted by molar-refractivity contribution is 6.99. The number of aromatic nitrogens is 2. The Balaban J connectivity index is 1.54. The SMILES string of the molecule is Cc1ccc2c(c1)c1cc(C)ccc1n2-c1ccc2c(c1)B(c1c(C(C)C)cccc1C(C)C)c1cccnc1-2.